The summed E-state index contributed by atoms with van der Waals surface area (Å²) in [5.41, 5.74) is 3.98. The number of nitrogens with one attached hydrogen (secondary N) is 1. The van der Waals surface area contributed by atoms with E-state index in [4.69, 9.17) is 14.5 Å². The zero-order valence-electron chi connectivity index (χ0n) is 22.9. The Kier molecular flexibility index (Phi) is 9.47. The fourth-order valence-electron chi connectivity index (χ4n) is 4.11. The number of aromatic nitrogens is 3. The highest BCUT2D eigenvalue weighted by atomic mass is 79.9. The predicted octanol–water partition coefficient (Wildman–Crippen LogP) is 7.49. The van der Waals surface area contributed by atoms with Crippen LogP contribution in [-0.2, 0) is 21.2 Å². The van der Waals surface area contributed by atoms with Crippen molar-refractivity contribution in [1.82, 2.24) is 15.0 Å². The molecular weight excluding hydrogens is 643 g/mol. The van der Waals surface area contributed by atoms with E-state index in [1.807, 2.05) is 54.8 Å². The predicted molar refractivity (Wildman–Crippen MR) is 167 cm³/mol. The zero-order valence-corrected chi connectivity index (χ0v) is 26.1. The van der Waals surface area contributed by atoms with Crippen molar-refractivity contribution in [2.45, 2.75) is 26.6 Å². The smallest absolute Gasteiger partial charge is 0.152 e. The van der Waals surface area contributed by atoms with Crippen molar-refractivity contribution in [3.05, 3.63) is 93.2 Å². The summed E-state index contributed by atoms with van der Waals surface area (Å²) in [5.74, 6) is 1.05. The van der Waals surface area contributed by atoms with Crippen molar-refractivity contribution >= 4 is 59.5 Å². The lowest BCUT2D eigenvalue weighted by Crippen LogP contribution is -2.15. The van der Waals surface area contributed by atoms with E-state index in [0.717, 1.165) is 42.9 Å². The average Bonchev–Trinajstić information content (AvgIpc) is 3.47. The third-order valence-corrected chi connectivity index (χ3v) is 9.77. The molecule has 3 aromatic carbocycles. The van der Waals surface area contributed by atoms with Gasteiger partial charge >= 0.3 is 0 Å². The van der Waals surface area contributed by atoms with Gasteiger partial charge in [-0.25, -0.2) is 27.8 Å². The summed E-state index contributed by atoms with van der Waals surface area (Å²) < 4.78 is 49.3. The molecule has 0 spiro atoms. The molecule has 1 unspecified atom stereocenters. The lowest BCUT2D eigenvalue weighted by molar-refractivity contribution is 0.0775. The van der Waals surface area contributed by atoms with Crippen LogP contribution in [0, 0.1) is 5.82 Å². The standard InChI is InChI=1S/C30H28BrFN4O4S2/c1-3-42(37,38)12-11-39-19(2)30-36-27(17-41-30)21-7-9-26-24(14-21)29(34-18-33-26)35-23-8-10-28(25(31)15-23)40-16-20-5-4-6-22(32)13-20/h4-10,13-15,17-19H,3,11-12,16H2,1-2H3,(H,33,34,35). The summed E-state index contributed by atoms with van der Waals surface area (Å²) in [5, 5.41) is 6.91. The van der Waals surface area contributed by atoms with Crippen molar-refractivity contribution in [3.63, 3.8) is 0 Å². The van der Waals surface area contributed by atoms with Crippen molar-refractivity contribution in [1.29, 1.82) is 0 Å². The molecule has 2 aromatic heterocycles. The third-order valence-electron chi connectivity index (χ3n) is 6.48. The number of sulfone groups is 1. The van der Waals surface area contributed by atoms with Crippen LogP contribution in [0.4, 0.5) is 15.9 Å². The minimum absolute atomic E-state index is 0.00619. The molecular formula is C30H28BrFN4O4S2. The normalized spacial score (nSPS) is 12.4. The largest absolute Gasteiger partial charge is 0.488 e. The second kappa shape index (κ2) is 13.2. The molecule has 2 heterocycles. The maximum atomic E-state index is 13.5. The van der Waals surface area contributed by atoms with Crippen LogP contribution in [0.25, 0.3) is 22.2 Å². The van der Waals surface area contributed by atoms with Gasteiger partial charge in [-0.3, -0.25) is 0 Å². The molecule has 5 rings (SSSR count). The minimum atomic E-state index is -3.08. The Balaban J connectivity index is 1.30. The van der Waals surface area contributed by atoms with Crippen molar-refractivity contribution in [3.8, 4) is 17.0 Å². The molecule has 0 amide bonds. The van der Waals surface area contributed by atoms with E-state index in [2.05, 4.69) is 31.2 Å². The molecule has 0 radical (unpaired) electrons. The van der Waals surface area contributed by atoms with Crippen LogP contribution in [-0.4, -0.2) is 41.5 Å². The van der Waals surface area contributed by atoms with Gasteiger partial charge in [0.25, 0.3) is 0 Å². The number of hydrogen-bond donors (Lipinski definition) is 1. The van der Waals surface area contributed by atoms with Crippen LogP contribution < -0.4 is 10.1 Å². The zero-order chi connectivity index (χ0) is 29.7. The summed E-state index contributed by atoms with van der Waals surface area (Å²) in [7, 11) is -3.08. The highest BCUT2D eigenvalue weighted by molar-refractivity contribution is 9.10. The molecule has 0 aliphatic rings. The van der Waals surface area contributed by atoms with Crippen LogP contribution in [0.5, 0.6) is 5.75 Å². The lowest BCUT2D eigenvalue weighted by Gasteiger charge is -2.12. The fourth-order valence-corrected chi connectivity index (χ4v) is 6.07. The Bertz CT molecular complexity index is 1820. The van der Waals surface area contributed by atoms with Crippen molar-refractivity contribution < 1.29 is 22.3 Å². The maximum Gasteiger partial charge on any atom is 0.152 e. The monoisotopic (exact) mass is 670 g/mol. The van der Waals surface area contributed by atoms with Crippen LogP contribution in [0.2, 0.25) is 0 Å². The van der Waals surface area contributed by atoms with E-state index in [0.29, 0.717) is 11.6 Å². The Labute approximate surface area is 256 Å². The van der Waals surface area contributed by atoms with Gasteiger partial charge in [0.1, 0.15) is 41.4 Å². The first-order valence-electron chi connectivity index (χ1n) is 13.2. The lowest BCUT2D eigenvalue weighted by atomic mass is 10.1. The quantitative estimate of drug-likeness (QED) is 0.146. The van der Waals surface area contributed by atoms with Gasteiger partial charge in [0.15, 0.2) is 9.84 Å². The van der Waals surface area contributed by atoms with E-state index >= 15 is 0 Å². The van der Waals surface area contributed by atoms with Gasteiger partial charge in [-0.05, 0) is 70.9 Å². The van der Waals surface area contributed by atoms with E-state index in [1.54, 1.807) is 13.0 Å². The molecule has 5 aromatic rings. The molecule has 0 fully saturated rings. The first-order chi connectivity index (χ1) is 20.2. The first kappa shape index (κ1) is 30.0. The highest BCUT2D eigenvalue weighted by Crippen LogP contribution is 2.33. The molecule has 0 saturated heterocycles. The minimum Gasteiger partial charge on any atom is -0.488 e. The molecule has 0 aliphatic carbocycles. The van der Waals surface area contributed by atoms with E-state index in [1.165, 1.54) is 29.8 Å². The van der Waals surface area contributed by atoms with Gasteiger partial charge in [0, 0.05) is 27.8 Å². The average molecular weight is 672 g/mol. The topological polar surface area (TPSA) is 103 Å². The Morgan fingerprint density at radius 1 is 1.10 bits per heavy atom. The summed E-state index contributed by atoms with van der Waals surface area (Å²) in [6.45, 7) is 3.87. The highest BCUT2D eigenvalue weighted by Gasteiger charge is 2.15. The number of thiazole rings is 1. The third kappa shape index (κ3) is 7.49. The number of nitrogens with zero attached hydrogens (tertiary/aromatic N) is 3. The molecule has 8 nitrogen and oxygen atoms in total. The fraction of sp³-hybridized carbons (Fsp3) is 0.233. The second-order valence-electron chi connectivity index (χ2n) is 9.46. The van der Waals surface area contributed by atoms with E-state index in [9.17, 15) is 12.8 Å². The number of fused-ring (bicyclic) bond motifs is 1. The van der Waals surface area contributed by atoms with E-state index in [-0.39, 0.29) is 36.6 Å². The SMILES string of the molecule is CCS(=O)(=O)CCOC(C)c1nc(-c2ccc3ncnc(Nc4ccc(OCc5cccc(F)c5)c(Br)c4)c3c2)cs1. The molecule has 0 saturated carbocycles. The summed E-state index contributed by atoms with van der Waals surface area (Å²) in [4.78, 5) is 13.6. The van der Waals surface area contributed by atoms with Crippen LogP contribution in [0.3, 0.4) is 0 Å². The molecule has 1 N–H and O–H groups in total. The first-order valence-corrected chi connectivity index (χ1v) is 16.7. The van der Waals surface area contributed by atoms with Crippen LogP contribution >= 0.6 is 27.3 Å². The van der Waals surface area contributed by atoms with Crippen molar-refractivity contribution in [2.75, 3.05) is 23.4 Å². The number of rotatable bonds is 12. The molecule has 42 heavy (non-hydrogen) atoms. The summed E-state index contributed by atoms with van der Waals surface area (Å²) in [6.07, 6.45) is 1.19. The molecule has 218 valence electrons. The van der Waals surface area contributed by atoms with Gasteiger partial charge in [0.2, 0.25) is 0 Å². The number of halogens is 2. The van der Waals surface area contributed by atoms with Gasteiger partial charge in [0.05, 0.1) is 28.0 Å². The summed E-state index contributed by atoms with van der Waals surface area (Å²) in [6, 6.07) is 17.8. The number of hydrogen-bond acceptors (Lipinski definition) is 9. The van der Waals surface area contributed by atoms with Crippen molar-refractivity contribution in [2.24, 2.45) is 0 Å². The van der Waals surface area contributed by atoms with Crippen LogP contribution in [0.15, 0.2) is 76.8 Å². The van der Waals surface area contributed by atoms with Gasteiger partial charge < -0.3 is 14.8 Å². The number of anilines is 2. The second-order valence-corrected chi connectivity index (χ2v) is 13.7. The van der Waals surface area contributed by atoms with E-state index < -0.39 is 9.84 Å². The van der Waals surface area contributed by atoms with Crippen LogP contribution in [0.1, 0.15) is 30.5 Å². The number of benzene rings is 3. The Morgan fingerprint density at radius 2 is 1.95 bits per heavy atom. The number of ether oxygens (including phenoxy) is 2. The Hall–Kier alpha value is -3.45. The molecule has 1 atom stereocenters. The van der Waals surface area contributed by atoms with Gasteiger partial charge in [-0.2, -0.15) is 0 Å². The van der Waals surface area contributed by atoms with Gasteiger partial charge in [-0.1, -0.05) is 25.1 Å². The van der Waals surface area contributed by atoms with Gasteiger partial charge in [-0.15, -0.1) is 11.3 Å². The Morgan fingerprint density at radius 3 is 2.74 bits per heavy atom. The molecule has 0 bridgehead atoms. The summed E-state index contributed by atoms with van der Waals surface area (Å²) >= 11 is 5.03. The molecule has 12 heteroatoms. The maximum absolute atomic E-state index is 13.5. The molecule has 0 aliphatic heterocycles.